The summed E-state index contributed by atoms with van der Waals surface area (Å²) in [6, 6.07) is 11.7. The number of hydrogen-bond donors (Lipinski definition) is 2. The maximum atomic E-state index is 13.1. The van der Waals surface area contributed by atoms with Crippen LogP contribution in [0.2, 0.25) is 0 Å². The Labute approximate surface area is 205 Å². The Balaban J connectivity index is 1.49. The van der Waals surface area contributed by atoms with E-state index in [0.717, 1.165) is 61.4 Å². The van der Waals surface area contributed by atoms with E-state index in [1.807, 2.05) is 36.4 Å². The first-order chi connectivity index (χ1) is 16.0. The quantitative estimate of drug-likeness (QED) is 0.321. The highest BCUT2D eigenvalue weighted by Crippen LogP contribution is 2.39. The summed E-state index contributed by atoms with van der Waals surface area (Å²) < 4.78 is 11.9. The number of nitrogens with one attached hydrogen (secondary N) is 2. The zero-order valence-electron chi connectivity index (χ0n) is 21.8. The number of unbranched alkanes of at least 4 members (excludes halogenated alkanes) is 2. The van der Waals surface area contributed by atoms with Gasteiger partial charge < -0.3 is 20.1 Å². The Kier molecular flexibility index (Phi) is 8.78. The predicted molar refractivity (Wildman–Crippen MR) is 140 cm³/mol. The summed E-state index contributed by atoms with van der Waals surface area (Å²) >= 11 is 0. The molecule has 3 rings (SSSR count). The molecule has 186 valence electrons. The third-order valence-electron chi connectivity index (χ3n) is 5.75. The molecule has 0 amide bonds. The molecule has 1 aliphatic rings. The van der Waals surface area contributed by atoms with Gasteiger partial charge in [-0.2, -0.15) is 0 Å². The van der Waals surface area contributed by atoms with Gasteiger partial charge in [-0.05, 0) is 128 Å². The molecule has 2 aromatic carbocycles. The second kappa shape index (κ2) is 11.4. The van der Waals surface area contributed by atoms with Crippen molar-refractivity contribution in [3.8, 4) is 22.6 Å². The second-order valence-electron chi connectivity index (χ2n) is 11.2. The summed E-state index contributed by atoms with van der Waals surface area (Å²) in [7, 11) is 0. The van der Waals surface area contributed by atoms with E-state index >= 15 is 0 Å². The molecule has 0 aliphatic heterocycles. The molecule has 0 bridgehead atoms. The normalized spacial score (nSPS) is 13.1. The van der Waals surface area contributed by atoms with Gasteiger partial charge in [-0.3, -0.25) is 4.79 Å². The van der Waals surface area contributed by atoms with Gasteiger partial charge in [0.05, 0.1) is 13.2 Å². The topological polar surface area (TPSA) is 59.6 Å². The van der Waals surface area contributed by atoms with Gasteiger partial charge in [0.1, 0.15) is 11.5 Å². The molecular weight excluding hydrogens is 424 g/mol. The van der Waals surface area contributed by atoms with Crippen molar-refractivity contribution in [3.63, 3.8) is 0 Å². The standard InChI is InChI=1S/C29H42N2O3/c1-28(2,3)30-15-7-9-17-33-21-11-13-23-24-14-12-22(20-26(24)27(32)25(23)19-21)34-18-10-8-16-31-29(4,5)6/h11-14,19-20,30-31H,7-10,15-18H2,1-6H3. The number of hydrogen-bond acceptors (Lipinski definition) is 5. The number of rotatable bonds is 12. The number of ketones is 1. The molecule has 5 heteroatoms. The zero-order chi connectivity index (χ0) is 24.8. The smallest absolute Gasteiger partial charge is 0.194 e. The molecule has 0 atom stereocenters. The molecule has 0 saturated carbocycles. The van der Waals surface area contributed by atoms with Crippen molar-refractivity contribution in [2.75, 3.05) is 26.3 Å². The van der Waals surface area contributed by atoms with Crippen LogP contribution < -0.4 is 20.1 Å². The zero-order valence-corrected chi connectivity index (χ0v) is 21.8. The lowest BCUT2D eigenvalue weighted by molar-refractivity contribution is 0.104. The molecule has 0 fully saturated rings. The van der Waals surface area contributed by atoms with Crippen LogP contribution in [0.15, 0.2) is 36.4 Å². The lowest BCUT2D eigenvalue weighted by Crippen LogP contribution is -2.36. The number of carbonyl (C=O) groups is 1. The van der Waals surface area contributed by atoms with Gasteiger partial charge in [-0.1, -0.05) is 0 Å². The predicted octanol–water partition coefficient (Wildman–Crippen LogP) is 5.99. The Hall–Kier alpha value is -2.37. The fraction of sp³-hybridized carbons (Fsp3) is 0.552. The lowest BCUT2D eigenvalue weighted by Gasteiger charge is -2.20. The summed E-state index contributed by atoms with van der Waals surface area (Å²) in [5, 5.41) is 6.98. The molecular formula is C29H42N2O3. The third-order valence-corrected chi connectivity index (χ3v) is 5.75. The minimum absolute atomic E-state index is 0.0460. The first-order valence-corrected chi connectivity index (χ1v) is 12.6. The fourth-order valence-corrected chi connectivity index (χ4v) is 3.98. The third kappa shape index (κ3) is 7.85. The molecule has 0 unspecified atom stereocenters. The van der Waals surface area contributed by atoms with Gasteiger partial charge in [-0.25, -0.2) is 0 Å². The first kappa shape index (κ1) is 26.2. The van der Waals surface area contributed by atoms with E-state index in [0.29, 0.717) is 24.3 Å². The van der Waals surface area contributed by atoms with E-state index < -0.39 is 0 Å². The maximum Gasteiger partial charge on any atom is 0.194 e. The Morgan fingerprint density at radius 3 is 1.41 bits per heavy atom. The molecule has 2 aromatic rings. The van der Waals surface area contributed by atoms with E-state index in [9.17, 15) is 4.79 Å². The van der Waals surface area contributed by atoms with Crippen LogP contribution in [0.5, 0.6) is 11.5 Å². The van der Waals surface area contributed by atoms with Crippen molar-refractivity contribution in [2.24, 2.45) is 0 Å². The lowest BCUT2D eigenvalue weighted by atomic mass is 10.1. The average molecular weight is 467 g/mol. The maximum absolute atomic E-state index is 13.1. The van der Waals surface area contributed by atoms with Crippen LogP contribution in [0.25, 0.3) is 11.1 Å². The minimum atomic E-state index is 0.0460. The summed E-state index contributed by atoms with van der Waals surface area (Å²) in [4.78, 5) is 13.1. The number of ether oxygens (including phenoxy) is 2. The molecule has 5 nitrogen and oxygen atoms in total. The van der Waals surface area contributed by atoms with Crippen LogP contribution in [0, 0.1) is 0 Å². The highest BCUT2D eigenvalue weighted by atomic mass is 16.5. The van der Waals surface area contributed by atoms with E-state index in [2.05, 4.69) is 52.2 Å². The molecule has 34 heavy (non-hydrogen) atoms. The number of carbonyl (C=O) groups excluding carboxylic acids is 1. The molecule has 1 aliphatic carbocycles. The van der Waals surface area contributed by atoms with E-state index in [1.54, 1.807) is 0 Å². The average Bonchev–Trinajstić information content (AvgIpc) is 3.03. The van der Waals surface area contributed by atoms with Gasteiger partial charge in [0, 0.05) is 22.2 Å². The van der Waals surface area contributed by atoms with Crippen LogP contribution in [0.3, 0.4) is 0 Å². The van der Waals surface area contributed by atoms with Gasteiger partial charge in [-0.15, -0.1) is 0 Å². The van der Waals surface area contributed by atoms with Crippen molar-refractivity contribution >= 4 is 5.78 Å². The van der Waals surface area contributed by atoms with E-state index in [-0.39, 0.29) is 16.9 Å². The summed E-state index contributed by atoms with van der Waals surface area (Å²) in [6.07, 6.45) is 4.06. The summed E-state index contributed by atoms with van der Waals surface area (Å²) in [6.45, 7) is 16.3. The van der Waals surface area contributed by atoms with Gasteiger partial charge in [0.15, 0.2) is 5.78 Å². The molecule has 0 spiro atoms. The van der Waals surface area contributed by atoms with Crippen LogP contribution in [-0.4, -0.2) is 43.2 Å². The molecule has 0 aromatic heterocycles. The SMILES string of the molecule is CC(C)(C)NCCCCOc1ccc2c(c1)C(=O)c1cc(OCCCCNC(C)(C)C)ccc1-2. The van der Waals surface area contributed by atoms with Crippen LogP contribution in [0.4, 0.5) is 0 Å². The van der Waals surface area contributed by atoms with Crippen LogP contribution >= 0.6 is 0 Å². The molecule has 0 saturated heterocycles. The Morgan fingerprint density at radius 1 is 0.618 bits per heavy atom. The van der Waals surface area contributed by atoms with Gasteiger partial charge in [0.25, 0.3) is 0 Å². The first-order valence-electron chi connectivity index (χ1n) is 12.6. The highest BCUT2D eigenvalue weighted by molar-refractivity contribution is 6.22. The largest absolute Gasteiger partial charge is 0.494 e. The second-order valence-corrected chi connectivity index (χ2v) is 11.2. The molecule has 0 heterocycles. The van der Waals surface area contributed by atoms with Gasteiger partial charge >= 0.3 is 0 Å². The molecule has 2 N–H and O–H groups in total. The molecule has 0 radical (unpaired) electrons. The van der Waals surface area contributed by atoms with E-state index in [1.165, 1.54) is 0 Å². The summed E-state index contributed by atoms with van der Waals surface area (Å²) in [5.74, 6) is 1.55. The van der Waals surface area contributed by atoms with Crippen molar-refractivity contribution in [3.05, 3.63) is 47.5 Å². The Morgan fingerprint density at radius 2 is 1.03 bits per heavy atom. The highest BCUT2D eigenvalue weighted by Gasteiger charge is 2.27. The Bertz CT molecular complexity index is 893. The fourth-order valence-electron chi connectivity index (χ4n) is 3.98. The van der Waals surface area contributed by atoms with E-state index in [4.69, 9.17) is 9.47 Å². The van der Waals surface area contributed by atoms with Crippen molar-refractivity contribution < 1.29 is 14.3 Å². The number of fused-ring (bicyclic) bond motifs is 3. The summed E-state index contributed by atoms with van der Waals surface area (Å²) in [5.41, 5.74) is 3.66. The monoisotopic (exact) mass is 466 g/mol. The van der Waals surface area contributed by atoms with Gasteiger partial charge in [0.2, 0.25) is 0 Å². The van der Waals surface area contributed by atoms with Crippen LogP contribution in [0.1, 0.15) is 83.1 Å². The van der Waals surface area contributed by atoms with Crippen molar-refractivity contribution in [2.45, 2.75) is 78.3 Å². The van der Waals surface area contributed by atoms with Crippen LogP contribution in [-0.2, 0) is 0 Å². The number of benzene rings is 2. The van der Waals surface area contributed by atoms with Crippen molar-refractivity contribution in [1.82, 2.24) is 10.6 Å². The minimum Gasteiger partial charge on any atom is -0.494 e. The van der Waals surface area contributed by atoms with Crippen molar-refractivity contribution in [1.29, 1.82) is 0 Å².